The number of rotatable bonds is 19. The zero-order valence-electron chi connectivity index (χ0n) is 54.5. The lowest BCUT2D eigenvalue weighted by Gasteiger charge is -2.70. The minimum atomic E-state index is -1.52. The molecule has 16 nitrogen and oxygen atoms in total. The first-order valence-electron chi connectivity index (χ1n) is 29.9. The standard InChI is InChI=1S/C22H38O4.C15H28O5.C15H28O3.C12H20O4/c1-8-17(2,3)16(23)26-22-11-15-9-20(13-22,18(4,5)24)12-21(10-15,14-22)19(6,7)25;1-8-14(4,5)11(16)19-9-13(2,3)10-20-12(17)15(6,7)18;1-6-14(2,3)13(16)18-12-9-7-11(8-10-12)15(4,5)17;1-6-11(3,4)10(14)16-12(5)7-9(13)15-8(12)2/h15,24-25H,8-14H2,1-7H3;18H,8-10H2,1-7H3;11-12,17H,6-10H2,1-5H3;8H,6-7H2,1-5H3. The van der Waals surface area contributed by atoms with Crippen molar-refractivity contribution in [3.63, 3.8) is 0 Å². The van der Waals surface area contributed by atoms with Gasteiger partial charge in [0.25, 0.3) is 0 Å². The Hall–Kier alpha value is -3.34. The molecular formula is C64H114O16. The van der Waals surface area contributed by atoms with Crippen LogP contribution in [0.5, 0.6) is 0 Å². The van der Waals surface area contributed by atoms with E-state index in [1.807, 2.05) is 138 Å². The van der Waals surface area contributed by atoms with Crippen LogP contribution >= 0.6 is 0 Å². The van der Waals surface area contributed by atoms with E-state index in [-0.39, 0.29) is 77.9 Å². The van der Waals surface area contributed by atoms with E-state index in [1.54, 1.807) is 13.8 Å². The van der Waals surface area contributed by atoms with Gasteiger partial charge in [0.2, 0.25) is 0 Å². The summed E-state index contributed by atoms with van der Waals surface area (Å²) in [7, 11) is 0. The summed E-state index contributed by atoms with van der Waals surface area (Å²) in [5.74, 6) is -1.05. The molecule has 0 aromatic rings. The SMILES string of the molecule is CCC(C)(C)C(=O)OC1(C)CC(=O)OC1C.CCC(C)(C)C(=O)OC12CC3CC(C(C)(C)O)(C1)CC(C(C)(C)O)(C3)C2.CCC(C)(C)C(=O)OC1CCC(C(C)(C)O)CC1.CCC(C)(C)C(=O)OCC(C)(C)COC(=O)C(C)(C)O. The second kappa shape index (κ2) is 25.9. The molecule has 0 aromatic heterocycles. The third kappa shape index (κ3) is 18.8. The van der Waals surface area contributed by atoms with Gasteiger partial charge in [-0.2, -0.15) is 0 Å². The highest BCUT2D eigenvalue weighted by atomic mass is 16.6. The van der Waals surface area contributed by atoms with Crippen LogP contribution in [0.15, 0.2) is 0 Å². The Balaban J connectivity index is 0.000000371. The summed E-state index contributed by atoms with van der Waals surface area (Å²) in [5, 5.41) is 41.6. The van der Waals surface area contributed by atoms with Crippen LogP contribution in [-0.2, 0) is 57.2 Å². The zero-order chi connectivity index (χ0) is 62.5. The molecule has 5 saturated carbocycles. The Kier molecular flexibility index (Phi) is 23.5. The van der Waals surface area contributed by atoms with Crippen molar-refractivity contribution in [2.24, 2.45) is 49.7 Å². The Morgan fingerprint density at radius 2 is 0.925 bits per heavy atom. The zero-order valence-corrected chi connectivity index (χ0v) is 54.5. The van der Waals surface area contributed by atoms with E-state index in [0.29, 0.717) is 37.5 Å². The third-order valence-corrected chi connectivity index (χ3v) is 19.3. The van der Waals surface area contributed by atoms with Crippen LogP contribution in [0.4, 0.5) is 0 Å². The number of ether oxygens (including phenoxy) is 6. The van der Waals surface area contributed by atoms with E-state index in [4.69, 9.17) is 28.4 Å². The van der Waals surface area contributed by atoms with Crippen molar-refractivity contribution >= 4 is 35.8 Å². The summed E-state index contributed by atoms with van der Waals surface area (Å²) in [6, 6.07) is 0. The second-order valence-corrected chi connectivity index (χ2v) is 30.6. The van der Waals surface area contributed by atoms with Crippen molar-refractivity contribution < 1.29 is 77.6 Å². The highest BCUT2D eigenvalue weighted by Gasteiger charge is 2.71. The molecule has 6 aliphatic rings. The van der Waals surface area contributed by atoms with Crippen molar-refractivity contribution in [2.75, 3.05) is 13.2 Å². The fourth-order valence-electron chi connectivity index (χ4n) is 11.1. The van der Waals surface area contributed by atoms with E-state index < -0.39 is 61.2 Å². The molecule has 4 N–H and O–H groups in total. The molecule has 4 bridgehead atoms. The molecular weight excluding hydrogens is 1020 g/mol. The highest BCUT2D eigenvalue weighted by Crippen LogP contribution is 2.72. The van der Waals surface area contributed by atoms with Crippen LogP contribution in [0.3, 0.4) is 0 Å². The number of hydrogen-bond donors (Lipinski definition) is 4. The van der Waals surface area contributed by atoms with Gasteiger partial charge in [-0.25, -0.2) is 4.79 Å². The molecule has 0 aromatic carbocycles. The molecule has 6 rings (SSSR count). The highest BCUT2D eigenvalue weighted by molar-refractivity contribution is 5.80. The van der Waals surface area contributed by atoms with Crippen LogP contribution in [-0.4, -0.2) is 115 Å². The van der Waals surface area contributed by atoms with Gasteiger partial charge >= 0.3 is 35.8 Å². The van der Waals surface area contributed by atoms with Crippen LogP contribution in [0.2, 0.25) is 0 Å². The average molecular weight is 1140 g/mol. The van der Waals surface area contributed by atoms with Crippen molar-refractivity contribution in [3.05, 3.63) is 0 Å². The quantitative estimate of drug-likeness (QED) is 0.0695. The summed E-state index contributed by atoms with van der Waals surface area (Å²) < 4.78 is 32.7. The predicted molar refractivity (Wildman–Crippen MR) is 309 cm³/mol. The third-order valence-electron chi connectivity index (χ3n) is 19.3. The Morgan fingerprint density at radius 3 is 1.29 bits per heavy atom. The second-order valence-electron chi connectivity index (χ2n) is 30.6. The molecule has 4 atom stereocenters. The largest absolute Gasteiger partial charge is 0.465 e. The van der Waals surface area contributed by atoms with Gasteiger partial charge in [0.1, 0.15) is 17.8 Å². The average Bonchev–Trinajstić information content (AvgIpc) is 3.57. The van der Waals surface area contributed by atoms with E-state index >= 15 is 0 Å². The minimum absolute atomic E-state index is 0.0434. The van der Waals surface area contributed by atoms with Gasteiger partial charge in [0.05, 0.1) is 58.1 Å². The fraction of sp³-hybridized carbons (Fsp3) is 0.906. The van der Waals surface area contributed by atoms with Crippen LogP contribution in [0, 0.1) is 49.7 Å². The molecule has 1 saturated heterocycles. The van der Waals surface area contributed by atoms with Gasteiger partial charge in [-0.05, 0) is 226 Å². The Bertz CT molecular complexity index is 2090. The maximum atomic E-state index is 12.9. The first-order valence-corrected chi connectivity index (χ1v) is 29.9. The molecule has 16 heteroatoms. The summed E-state index contributed by atoms with van der Waals surface area (Å²) in [6.45, 7) is 44.4. The molecule has 1 heterocycles. The maximum Gasteiger partial charge on any atom is 0.337 e. The van der Waals surface area contributed by atoms with Crippen molar-refractivity contribution in [3.8, 4) is 0 Å². The van der Waals surface area contributed by atoms with E-state index in [0.717, 1.165) is 64.2 Å². The van der Waals surface area contributed by atoms with Gasteiger partial charge in [-0.1, -0.05) is 41.5 Å². The number of aliphatic hydroxyl groups is 4. The molecule has 466 valence electrons. The summed E-state index contributed by atoms with van der Waals surface area (Å²) in [4.78, 5) is 71.3. The number of esters is 6. The topological polar surface area (TPSA) is 239 Å². The van der Waals surface area contributed by atoms with Crippen LogP contribution in [0.1, 0.15) is 262 Å². The van der Waals surface area contributed by atoms with Crippen molar-refractivity contribution in [1.82, 2.24) is 0 Å². The van der Waals surface area contributed by atoms with Crippen LogP contribution in [0.25, 0.3) is 0 Å². The number of cyclic esters (lactones) is 1. The van der Waals surface area contributed by atoms with E-state index in [9.17, 15) is 49.2 Å². The number of carbonyl (C=O) groups is 6. The van der Waals surface area contributed by atoms with Gasteiger partial charge in [0, 0.05) is 16.2 Å². The monoisotopic (exact) mass is 1140 g/mol. The number of hydrogen-bond acceptors (Lipinski definition) is 16. The summed E-state index contributed by atoms with van der Waals surface area (Å²) in [6.07, 6.45) is 11.4. The lowest BCUT2D eigenvalue weighted by atomic mass is 9.37. The lowest BCUT2D eigenvalue weighted by Crippen LogP contribution is -2.70. The van der Waals surface area contributed by atoms with Crippen LogP contribution < -0.4 is 0 Å². The molecule has 6 fully saturated rings. The molecule has 5 aliphatic carbocycles. The van der Waals surface area contributed by atoms with Crippen molar-refractivity contribution in [2.45, 2.75) is 308 Å². The first-order chi connectivity index (χ1) is 35.8. The minimum Gasteiger partial charge on any atom is -0.465 e. The van der Waals surface area contributed by atoms with E-state index in [2.05, 4.69) is 0 Å². The molecule has 80 heavy (non-hydrogen) atoms. The molecule has 0 spiro atoms. The Labute approximate surface area is 483 Å². The van der Waals surface area contributed by atoms with Gasteiger partial charge in [0.15, 0.2) is 11.2 Å². The van der Waals surface area contributed by atoms with E-state index in [1.165, 1.54) is 13.8 Å². The summed E-state index contributed by atoms with van der Waals surface area (Å²) in [5.41, 5.74) is -8.25. The predicted octanol–water partition coefficient (Wildman–Crippen LogP) is 11.9. The summed E-state index contributed by atoms with van der Waals surface area (Å²) >= 11 is 0. The molecule has 4 unspecified atom stereocenters. The molecule has 1 aliphatic heterocycles. The van der Waals surface area contributed by atoms with Crippen molar-refractivity contribution in [1.29, 1.82) is 0 Å². The normalized spacial score (nSPS) is 28.1. The molecule has 0 radical (unpaired) electrons. The fourth-order valence-corrected chi connectivity index (χ4v) is 11.1. The maximum absolute atomic E-state index is 12.9. The molecule has 0 amide bonds. The lowest BCUT2D eigenvalue weighted by molar-refractivity contribution is -0.288. The first kappa shape index (κ1) is 72.8. The van der Waals surface area contributed by atoms with Gasteiger partial charge in [-0.3, -0.25) is 24.0 Å². The smallest absolute Gasteiger partial charge is 0.337 e. The van der Waals surface area contributed by atoms with Gasteiger partial charge < -0.3 is 48.8 Å². The Morgan fingerprint density at radius 1 is 0.537 bits per heavy atom. The van der Waals surface area contributed by atoms with Gasteiger partial charge in [-0.15, -0.1) is 0 Å². The number of carbonyl (C=O) groups excluding carboxylic acids is 6.